The van der Waals surface area contributed by atoms with E-state index < -0.39 is 39.5 Å². The molecule has 2 aromatic carbocycles. The highest BCUT2D eigenvalue weighted by atomic mass is 35.5. The topological polar surface area (TPSA) is 75.7 Å². The molecule has 0 aliphatic carbocycles. The molecule has 1 heterocycles. The molecule has 0 aromatic heterocycles. The van der Waals surface area contributed by atoms with Gasteiger partial charge in [-0.1, -0.05) is 29.8 Å². The third-order valence-electron chi connectivity index (χ3n) is 5.54. The first-order chi connectivity index (χ1) is 15.5. The third-order valence-corrected chi connectivity index (χ3v) is 7.64. The molecule has 0 spiro atoms. The van der Waals surface area contributed by atoms with Crippen LogP contribution in [0.25, 0.3) is 0 Å². The minimum atomic E-state index is -4.55. The molecule has 180 valence electrons. The smallest absolute Gasteiger partial charge is 0.385 e. The lowest BCUT2D eigenvalue weighted by atomic mass is 9.87. The van der Waals surface area contributed by atoms with Crippen molar-refractivity contribution >= 4 is 27.5 Å². The Labute approximate surface area is 195 Å². The van der Waals surface area contributed by atoms with Gasteiger partial charge in [0.2, 0.25) is 15.9 Å². The van der Waals surface area contributed by atoms with Crippen LogP contribution >= 0.6 is 11.6 Å². The minimum absolute atomic E-state index is 0.00385. The lowest BCUT2D eigenvalue weighted by molar-refractivity contribution is -0.137. The van der Waals surface area contributed by atoms with Crippen LogP contribution in [0.3, 0.4) is 0 Å². The van der Waals surface area contributed by atoms with E-state index in [1.165, 1.54) is 43.5 Å². The van der Waals surface area contributed by atoms with Crippen molar-refractivity contribution < 1.29 is 31.1 Å². The fourth-order valence-corrected chi connectivity index (χ4v) is 5.45. The molecule has 2 atom stereocenters. The molecule has 0 unspecified atom stereocenters. The predicted molar refractivity (Wildman–Crippen MR) is 117 cm³/mol. The van der Waals surface area contributed by atoms with Crippen molar-refractivity contribution in [3.05, 3.63) is 64.7 Å². The van der Waals surface area contributed by atoms with E-state index in [-0.39, 0.29) is 23.5 Å². The van der Waals surface area contributed by atoms with Gasteiger partial charge in [0.25, 0.3) is 0 Å². The summed E-state index contributed by atoms with van der Waals surface area (Å²) in [5, 5.41) is 3.11. The van der Waals surface area contributed by atoms with E-state index in [1.54, 1.807) is 0 Å². The Morgan fingerprint density at radius 1 is 1.18 bits per heavy atom. The van der Waals surface area contributed by atoms with Gasteiger partial charge in [0, 0.05) is 44.3 Å². The van der Waals surface area contributed by atoms with Gasteiger partial charge < -0.3 is 10.1 Å². The molecule has 0 radical (unpaired) electrons. The van der Waals surface area contributed by atoms with E-state index in [1.807, 2.05) is 0 Å². The van der Waals surface area contributed by atoms with Crippen molar-refractivity contribution in [1.82, 2.24) is 9.62 Å². The molecule has 11 heteroatoms. The van der Waals surface area contributed by atoms with E-state index in [0.717, 1.165) is 16.4 Å². The summed E-state index contributed by atoms with van der Waals surface area (Å²) in [5.74, 6) is -2.00. The van der Waals surface area contributed by atoms with Crippen LogP contribution < -0.4 is 5.32 Å². The summed E-state index contributed by atoms with van der Waals surface area (Å²) in [5.41, 5.74) is -0.589. The van der Waals surface area contributed by atoms with Crippen molar-refractivity contribution in [3.63, 3.8) is 0 Å². The fourth-order valence-electron chi connectivity index (χ4n) is 3.83. The van der Waals surface area contributed by atoms with E-state index in [0.29, 0.717) is 24.6 Å². The van der Waals surface area contributed by atoms with Crippen molar-refractivity contribution in [3.8, 4) is 0 Å². The highest BCUT2D eigenvalue weighted by molar-refractivity contribution is 7.89. The second kappa shape index (κ2) is 10.4. The highest BCUT2D eigenvalue weighted by Gasteiger charge is 2.44. The second-order valence-electron chi connectivity index (χ2n) is 7.75. The van der Waals surface area contributed by atoms with Crippen molar-refractivity contribution in [2.45, 2.75) is 23.4 Å². The molecule has 0 saturated carbocycles. The molecule has 1 N–H and O–H groups in total. The van der Waals surface area contributed by atoms with Gasteiger partial charge in [0.05, 0.1) is 16.4 Å². The maximum atomic E-state index is 13.3. The first-order valence-corrected chi connectivity index (χ1v) is 12.1. The minimum Gasteiger partial charge on any atom is -0.385 e. The summed E-state index contributed by atoms with van der Waals surface area (Å²) in [6.07, 6.45) is -4.00. The SMILES string of the molecule is COCCCNC(=O)[C@H]1CN(S(=O)(=O)c2ccc(Cl)cc2)C[C@H]1c1cccc(C(F)(F)F)c1. The van der Waals surface area contributed by atoms with Crippen LogP contribution in [0.5, 0.6) is 0 Å². The van der Waals surface area contributed by atoms with E-state index >= 15 is 0 Å². The Bertz CT molecular complexity index is 1080. The van der Waals surface area contributed by atoms with Crippen LogP contribution in [0.1, 0.15) is 23.5 Å². The molecule has 1 saturated heterocycles. The zero-order chi connectivity index (χ0) is 24.2. The van der Waals surface area contributed by atoms with Crippen LogP contribution in [0.4, 0.5) is 13.2 Å². The van der Waals surface area contributed by atoms with Crippen LogP contribution in [-0.2, 0) is 25.7 Å². The van der Waals surface area contributed by atoms with Crippen LogP contribution in [0.15, 0.2) is 53.4 Å². The van der Waals surface area contributed by atoms with Gasteiger partial charge in [-0.05, 0) is 42.3 Å². The number of hydrogen-bond donors (Lipinski definition) is 1. The second-order valence-corrected chi connectivity index (χ2v) is 10.1. The largest absolute Gasteiger partial charge is 0.416 e. The number of rotatable bonds is 8. The number of hydrogen-bond acceptors (Lipinski definition) is 4. The monoisotopic (exact) mass is 504 g/mol. The number of methoxy groups -OCH3 is 1. The molecule has 1 amide bonds. The summed E-state index contributed by atoms with van der Waals surface area (Å²) >= 11 is 5.85. The van der Waals surface area contributed by atoms with Gasteiger partial charge in [-0.25, -0.2) is 8.42 Å². The van der Waals surface area contributed by atoms with Crippen molar-refractivity contribution in [2.24, 2.45) is 5.92 Å². The molecule has 1 aliphatic heterocycles. The Morgan fingerprint density at radius 2 is 1.88 bits per heavy atom. The number of ether oxygens (including phenoxy) is 1. The number of carbonyl (C=O) groups is 1. The summed E-state index contributed by atoms with van der Waals surface area (Å²) in [6, 6.07) is 10.3. The summed E-state index contributed by atoms with van der Waals surface area (Å²) < 4.78 is 72.2. The molecule has 3 rings (SSSR count). The molecule has 6 nitrogen and oxygen atoms in total. The number of carbonyl (C=O) groups excluding carboxylic acids is 1. The Balaban J connectivity index is 1.91. The van der Waals surface area contributed by atoms with Crippen LogP contribution in [-0.4, -0.2) is 52.0 Å². The van der Waals surface area contributed by atoms with Crippen LogP contribution in [0.2, 0.25) is 5.02 Å². The van der Waals surface area contributed by atoms with Gasteiger partial charge in [0.1, 0.15) is 0 Å². The number of amides is 1. The number of nitrogens with one attached hydrogen (secondary N) is 1. The summed E-state index contributed by atoms with van der Waals surface area (Å²) in [4.78, 5) is 12.9. The molecular weight excluding hydrogens is 481 g/mol. The predicted octanol–water partition coefficient (Wildman–Crippen LogP) is 3.92. The zero-order valence-corrected chi connectivity index (χ0v) is 19.4. The average molecular weight is 505 g/mol. The molecule has 33 heavy (non-hydrogen) atoms. The van der Waals surface area contributed by atoms with Crippen LogP contribution in [0, 0.1) is 5.92 Å². The van der Waals surface area contributed by atoms with Gasteiger partial charge in [-0.3, -0.25) is 4.79 Å². The number of nitrogens with zero attached hydrogens (tertiary/aromatic N) is 1. The molecule has 0 bridgehead atoms. The molecule has 2 aromatic rings. The van der Waals surface area contributed by atoms with E-state index in [4.69, 9.17) is 16.3 Å². The normalized spacial score (nSPS) is 19.5. The number of benzene rings is 2. The van der Waals surface area contributed by atoms with Gasteiger partial charge in [-0.2, -0.15) is 17.5 Å². The fraction of sp³-hybridized carbons (Fsp3) is 0.409. The number of halogens is 4. The first kappa shape index (κ1) is 25.5. The molecule has 1 fully saturated rings. The quantitative estimate of drug-likeness (QED) is 0.553. The zero-order valence-electron chi connectivity index (χ0n) is 17.8. The molecular formula is C22H24ClF3N2O4S. The molecule has 1 aliphatic rings. The van der Waals surface area contributed by atoms with Crippen molar-refractivity contribution in [1.29, 1.82) is 0 Å². The lowest BCUT2D eigenvalue weighted by Crippen LogP contribution is -2.36. The Hall–Kier alpha value is -2.14. The van der Waals surface area contributed by atoms with Gasteiger partial charge in [-0.15, -0.1) is 0 Å². The Kier molecular flexibility index (Phi) is 8.04. The maximum absolute atomic E-state index is 13.3. The van der Waals surface area contributed by atoms with Gasteiger partial charge in [0.15, 0.2) is 0 Å². The van der Waals surface area contributed by atoms with Gasteiger partial charge >= 0.3 is 6.18 Å². The van der Waals surface area contributed by atoms with E-state index in [2.05, 4.69) is 5.32 Å². The average Bonchev–Trinajstić information content (AvgIpc) is 3.23. The summed E-state index contributed by atoms with van der Waals surface area (Å²) in [7, 11) is -2.45. The standard InChI is InChI=1S/C22H24ClF3N2O4S/c1-32-11-3-10-27-21(29)20-14-28(33(30,31)18-8-6-17(23)7-9-18)13-19(20)15-4-2-5-16(12-15)22(24,25)26/h2,4-9,12,19-20H,3,10-11,13-14H2,1H3,(H,27,29)/t19-,20-/m0/s1. The number of sulfonamides is 1. The lowest BCUT2D eigenvalue weighted by Gasteiger charge is -2.19. The van der Waals surface area contributed by atoms with E-state index in [9.17, 15) is 26.4 Å². The third kappa shape index (κ3) is 6.06. The maximum Gasteiger partial charge on any atom is 0.416 e. The number of alkyl halides is 3. The Morgan fingerprint density at radius 3 is 2.52 bits per heavy atom. The summed E-state index contributed by atoms with van der Waals surface area (Å²) in [6.45, 7) is 0.464. The van der Waals surface area contributed by atoms with Crippen molar-refractivity contribution in [2.75, 3.05) is 33.4 Å². The first-order valence-electron chi connectivity index (χ1n) is 10.2. The highest BCUT2D eigenvalue weighted by Crippen LogP contribution is 2.38.